The van der Waals surface area contributed by atoms with Gasteiger partial charge in [0.1, 0.15) is 11.8 Å². The van der Waals surface area contributed by atoms with Gasteiger partial charge in [-0.1, -0.05) is 60.2 Å². The first-order valence-corrected chi connectivity index (χ1v) is 10.6. The number of aromatic hydroxyl groups is 1. The second kappa shape index (κ2) is 9.24. The van der Waals surface area contributed by atoms with E-state index in [9.17, 15) is 19.8 Å². The fourth-order valence-electron chi connectivity index (χ4n) is 4.05. The third-order valence-electron chi connectivity index (χ3n) is 5.74. The van der Waals surface area contributed by atoms with Crippen LogP contribution in [0.15, 0.2) is 72.8 Å². The second-order valence-electron chi connectivity index (χ2n) is 8.16. The van der Waals surface area contributed by atoms with Crippen molar-refractivity contribution in [2.24, 2.45) is 0 Å². The van der Waals surface area contributed by atoms with E-state index < -0.39 is 12.1 Å². The molecule has 0 spiro atoms. The third kappa shape index (κ3) is 4.65. The van der Waals surface area contributed by atoms with E-state index in [0.29, 0.717) is 23.2 Å². The van der Waals surface area contributed by atoms with Gasteiger partial charge >= 0.3 is 0 Å². The number of amides is 2. The summed E-state index contributed by atoms with van der Waals surface area (Å²) >= 11 is 0. The van der Waals surface area contributed by atoms with Crippen LogP contribution in [0, 0.1) is 6.92 Å². The van der Waals surface area contributed by atoms with Crippen LogP contribution < -0.4 is 5.32 Å². The summed E-state index contributed by atoms with van der Waals surface area (Å²) in [7, 11) is 0. The van der Waals surface area contributed by atoms with Crippen molar-refractivity contribution < 1.29 is 19.8 Å². The van der Waals surface area contributed by atoms with E-state index in [0.717, 1.165) is 11.1 Å². The van der Waals surface area contributed by atoms with E-state index in [4.69, 9.17) is 0 Å². The van der Waals surface area contributed by atoms with Crippen molar-refractivity contribution in [1.29, 1.82) is 0 Å². The summed E-state index contributed by atoms with van der Waals surface area (Å²) in [5, 5.41) is 23.0. The maximum atomic E-state index is 13.5. The highest BCUT2D eigenvalue weighted by atomic mass is 16.3. The molecule has 3 aromatic rings. The minimum Gasteiger partial charge on any atom is -0.508 e. The molecule has 3 aromatic carbocycles. The van der Waals surface area contributed by atoms with E-state index in [1.54, 1.807) is 36.4 Å². The predicted molar refractivity (Wildman–Crippen MR) is 122 cm³/mol. The van der Waals surface area contributed by atoms with Crippen molar-refractivity contribution in [3.63, 3.8) is 0 Å². The monoisotopic (exact) mass is 430 g/mol. The topological polar surface area (TPSA) is 89.9 Å². The van der Waals surface area contributed by atoms with Crippen molar-refractivity contribution in [2.75, 3.05) is 6.54 Å². The molecule has 164 valence electrons. The van der Waals surface area contributed by atoms with Crippen LogP contribution in [0.2, 0.25) is 0 Å². The van der Waals surface area contributed by atoms with Crippen LogP contribution in [0.25, 0.3) is 11.1 Å². The van der Waals surface area contributed by atoms with Gasteiger partial charge in [0.2, 0.25) is 5.91 Å². The number of phenolic OH excluding ortho intramolecular Hbond substituents is 1. The number of carbonyl (C=O) groups excluding carboxylic acids is 2. The Labute approximate surface area is 187 Å². The minimum atomic E-state index is -0.762. The molecule has 1 saturated heterocycles. The van der Waals surface area contributed by atoms with E-state index in [1.807, 2.05) is 43.3 Å². The van der Waals surface area contributed by atoms with Crippen LogP contribution in [-0.2, 0) is 11.3 Å². The summed E-state index contributed by atoms with van der Waals surface area (Å²) in [6.07, 6.45) is -0.568. The van der Waals surface area contributed by atoms with Gasteiger partial charge < -0.3 is 20.4 Å². The summed E-state index contributed by atoms with van der Waals surface area (Å²) in [5.74, 6) is -0.504. The lowest BCUT2D eigenvalue weighted by Gasteiger charge is -2.25. The smallest absolute Gasteiger partial charge is 0.255 e. The Balaban J connectivity index is 1.55. The van der Waals surface area contributed by atoms with E-state index in [-0.39, 0.29) is 30.5 Å². The number of nitrogens with zero attached hydrogens (tertiary/aromatic N) is 1. The zero-order chi connectivity index (χ0) is 22.7. The second-order valence-corrected chi connectivity index (χ2v) is 8.16. The molecule has 32 heavy (non-hydrogen) atoms. The maximum Gasteiger partial charge on any atom is 0.255 e. The summed E-state index contributed by atoms with van der Waals surface area (Å²) in [4.78, 5) is 27.8. The molecule has 0 bridgehead atoms. The van der Waals surface area contributed by atoms with Crippen LogP contribution in [-0.4, -0.2) is 45.6 Å². The molecule has 3 N–H and O–H groups in total. The Hall–Kier alpha value is -3.64. The molecule has 2 amide bonds. The van der Waals surface area contributed by atoms with Crippen LogP contribution in [0.5, 0.6) is 5.75 Å². The number of phenols is 1. The van der Waals surface area contributed by atoms with Gasteiger partial charge in [-0.2, -0.15) is 0 Å². The lowest BCUT2D eigenvalue weighted by molar-refractivity contribution is -0.125. The lowest BCUT2D eigenvalue weighted by atomic mass is 9.98. The molecule has 1 aliphatic heterocycles. The maximum absolute atomic E-state index is 13.5. The molecule has 2 atom stereocenters. The van der Waals surface area contributed by atoms with E-state index >= 15 is 0 Å². The lowest BCUT2D eigenvalue weighted by Crippen LogP contribution is -2.45. The van der Waals surface area contributed by atoms with Crippen molar-refractivity contribution in [3.8, 4) is 16.9 Å². The largest absolute Gasteiger partial charge is 0.508 e. The minimum absolute atomic E-state index is 0.0931. The first-order chi connectivity index (χ1) is 15.4. The number of aryl methyl sites for hydroxylation is 1. The molecular weight excluding hydrogens is 404 g/mol. The average Bonchev–Trinajstić information content (AvgIpc) is 3.20. The van der Waals surface area contributed by atoms with Crippen molar-refractivity contribution in [2.45, 2.75) is 32.0 Å². The normalized spacial score (nSPS) is 17.9. The summed E-state index contributed by atoms with van der Waals surface area (Å²) in [6, 6.07) is 20.9. The summed E-state index contributed by atoms with van der Waals surface area (Å²) in [5.41, 5.74) is 3.89. The Morgan fingerprint density at radius 1 is 1.03 bits per heavy atom. The highest BCUT2D eigenvalue weighted by molar-refractivity contribution is 6.03. The number of nitrogens with one attached hydrogen (secondary N) is 1. The van der Waals surface area contributed by atoms with Crippen LogP contribution in [0.4, 0.5) is 0 Å². The number of carbonyl (C=O) groups is 2. The zero-order valence-electron chi connectivity index (χ0n) is 17.9. The van der Waals surface area contributed by atoms with Gasteiger partial charge in [-0.25, -0.2) is 0 Å². The summed E-state index contributed by atoms with van der Waals surface area (Å²) < 4.78 is 0. The van der Waals surface area contributed by atoms with Crippen LogP contribution in [0.3, 0.4) is 0 Å². The molecule has 0 saturated carbocycles. The Kier molecular flexibility index (Phi) is 6.23. The average molecular weight is 431 g/mol. The zero-order valence-corrected chi connectivity index (χ0v) is 17.9. The van der Waals surface area contributed by atoms with Gasteiger partial charge in [-0.15, -0.1) is 0 Å². The molecular formula is C26H26N2O4. The number of aliphatic hydroxyl groups is 1. The molecule has 0 unspecified atom stereocenters. The molecule has 0 radical (unpaired) electrons. The first-order valence-electron chi connectivity index (χ1n) is 10.6. The first kappa shape index (κ1) is 21.6. The van der Waals surface area contributed by atoms with E-state index in [1.165, 1.54) is 4.90 Å². The quantitative estimate of drug-likeness (QED) is 0.580. The van der Waals surface area contributed by atoms with Crippen molar-refractivity contribution in [3.05, 3.63) is 89.5 Å². The van der Waals surface area contributed by atoms with Gasteiger partial charge in [-0.3, -0.25) is 9.59 Å². The van der Waals surface area contributed by atoms with Gasteiger partial charge in [0, 0.05) is 25.1 Å². The number of likely N-dealkylation sites (tertiary alicyclic amines) is 1. The Morgan fingerprint density at radius 3 is 2.53 bits per heavy atom. The number of rotatable bonds is 5. The SMILES string of the molecule is Cc1ccc(CNC(=O)[C@@H]2C[C@@H](O)CN2C(=O)c2ccccc2-c2cccc(O)c2)cc1. The number of aliphatic hydroxyl groups excluding tert-OH is 1. The highest BCUT2D eigenvalue weighted by Gasteiger charge is 2.39. The molecule has 1 aliphatic rings. The predicted octanol–water partition coefficient (Wildman–Crippen LogP) is 3.26. The molecule has 4 rings (SSSR count). The van der Waals surface area contributed by atoms with Crippen molar-refractivity contribution >= 4 is 11.8 Å². The van der Waals surface area contributed by atoms with E-state index in [2.05, 4.69) is 5.32 Å². The van der Waals surface area contributed by atoms with Gasteiger partial charge in [0.25, 0.3) is 5.91 Å². The number of hydrogen-bond donors (Lipinski definition) is 3. The fraction of sp³-hybridized carbons (Fsp3) is 0.231. The number of benzene rings is 3. The van der Waals surface area contributed by atoms with Crippen LogP contribution >= 0.6 is 0 Å². The Morgan fingerprint density at radius 2 is 1.78 bits per heavy atom. The number of hydrogen-bond acceptors (Lipinski definition) is 4. The third-order valence-corrected chi connectivity index (χ3v) is 5.74. The molecule has 0 aliphatic carbocycles. The molecule has 1 fully saturated rings. The van der Waals surface area contributed by atoms with Crippen LogP contribution in [0.1, 0.15) is 27.9 Å². The molecule has 0 aromatic heterocycles. The highest BCUT2D eigenvalue weighted by Crippen LogP contribution is 2.29. The van der Waals surface area contributed by atoms with Gasteiger partial charge in [0.15, 0.2) is 0 Å². The summed E-state index contributed by atoms with van der Waals surface area (Å²) in [6.45, 7) is 2.45. The van der Waals surface area contributed by atoms with Gasteiger partial charge in [0.05, 0.1) is 6.10 Å². The molecule has 6 heteroatoms. The van der Waals surface area contributed by atoms with Crippen molar-refractivity contribution in [1.82, 2.24) is 10.2 Å². The molecule has 6 nitrogen and oxygen atoms in total. The fourth-order valence-corrected chi connectivity index (χ4v) is 4.05. The standard InChI is InChI=1S/C26H26N2O4/c1-17-9-11-18(12-10-17)15-27-25(31)24-14-21(30)16-28(24)26(32)23-8-3-2-7-22(23)19-5-4-6-20(29)13-19/h2-13,21,24,29-30H,14-16H2,1H3,(H,27,31)/t21-,24+/m1/s1. The molecule has 1 heterocycles. The Bertz CT molecular complexity index is 1130. The van der Waals surface area contributed by atoms with Gasteiger partial charge in [-0.05, 0) is 41.8 Å². The number of β-amino-alcohol motifs (C(OH)–C–C–N with tert-alkyl or cyclic N) is 1.